The lowest BCUT2D eigenvalue weighted by Crippen LogP contribution is -1.83. The standard InChI is InChI=1S/C6H7BrN2S/c7-5-4(3-1-2-3)9-6(8)10-5/h3H,1-2H2,(H2,8,9). The Kier molecular flexibility index (Phi) is 1.46. The maximum Gasteiger partial charge on any atom is 0.181 e. The summed E-state index contributed by atoms with van der Waals surface area (Å²) in [6, 6.07) is 0. The third kappa shape index (κ3) is 1.06. The van der Waals surface area contributed by atoms with E-state index in [2.05, 4.69) is 20.9 Å². The lowest BCUT2D eigenvalue weighted by atomic mass is 10.3. The summed E-state index contributed by atoms with van der Waals surface area (Å²) < 4.78 is 1.12. The molecule has 0 bridgehead atoms. The Bertz CT molecular complexity index is 254. The largest absolute Gasteiger partial charge is 0.375 e. The molecular weight excluding hydrogens is 212 g/mol. The van der Waals surface area contributed by atoms with Gasteiger partial charge in [-0.05, 0) is 28.8 Å². The third-order valence-electron chi connectivity index (χ3n) is 1.59. The number of nitrogens with two attached hydrogens (primary N) is 1. The number of anilines is 1. The van der Waals surface area contributed by atoms with Gasteiger partial charge in [0.25, 0.3) is 0 Å². The molecule has 0 aromatic carbocycles. The zero-order valence-electron chi connectivity index (χ0n) is 5.30. The molecule has 1 heterocycles. The summed E-state index contributed by atoms with van der Waals surface area (Å²) in [6.07, 6.45) is 2.56. The fraction of sp³-hybridized carbons (Fsp3) is 0.500. The van der Waals surface area contributed by atoms with Crippen molar-refractivity contribution in [2.75, 3.05) is 5.73 Å². The Labute approximate surface area is 71.6 Å². The van der Waals surface area contributed by atoms with E-state index in [0.29, 0.717) is 11.0 Å². The van der Waals surface area contributed by atoms with Crippen molar-refractivity contribution in [3.8, 4) is 0 Å². The van der Waals surface area contributed by atoms with Gasteiger partial charge >= 0.3 is 0 Å². The van der Waals surface area contributed by atoms with Crippen LogP contribution in [0.15, 0.2) is 3.79 Å². The van der Waals surface area contributed by atoms with E-state index in [1.54, 1.807) is 0 Å². The molecule has 4 heteroatoms. The van der Waals surface area contributed by atoms with E-state index < -0.39 is 0 Å². The first kappa shape index (κ1) is 6.61. The summed E-state index contributed by atoms with van der Waals surface area (Å²) >= 11 is 4.95. The first-order valence-corrected chi connectivity index (χ1v) is 4.80. The molecule has 1 aliphatic carbocycles. The minimum absolute atomic E-state index is 0.675. The van der Waals surface area contributed by atoms with E-state index in [0.717, 1.165) is 3.79 Å². The van der Waals surface area contributed by atoms with Crippen LogP contribution in [0.5, 0.6) is 0 Å². The molecule has 2 N–H and O–H groups in total. The van der Waals surface area contributed by atoms with Crippen LogP contribution in [0.1, 0.15) is 24.5 Å². The number of halogens is 1. The number of rotatable bonds is 1. The fourth-order valence-electron chi connectivity index (χ4n) is 0.938. The summed E-state index contributed by atoms with van der Waals surface area (Å²) in [4.78, 5) is 4.22. The second-order valence-corrected chi connectivity index (χ2v) is 4.83. The monoisotopic (exact) mass is 218 g/mol. The zero-order chi connectivity index (χ0) is 7.14. The van der Waals surface area contributed by atoms with Gasteiger partial charge in [0.2, 0.25) is 0 Å². The van der Waals surface area contributed by atoms with Gasteiger partial charge in [-0.25, -0.2) is 4.98 Å². The fourth-order valence-corrected chi connectivity index (χ4v) is 2.49. The molecule has 2 rings (SSSR count). The molecule has 1 aromatic heterocycles. The number of nitrogen functional groups attached to an aromatic ring is 1. The molecule has 0 unspecified atom stereocenters. The Morgan fingerprint density at radius 2 is 2.30 bits per heavy atom. The molecule has 1 fully saturated rings. The highest BCUT2D eigenvalue weighted by atomic mass is 79.9. The lowest BCUT2D eigenvalue weighted by molar-refractivity contribution is 1.04. The van der Waals surface area contributed by atoms with Crippen LogP contribution in [-0.4, -0.2) is 4.98 Å². The van der Waals surface area contributed by atoms with Crippen molar-refractivity contribution in [3.63, 3.8) is 0 Å². The van der Waals surface area contributed by atoms with Gasteiger partial charge in [0, 0.05) is 5.92 Å². The molecule has 1 aliphatic rings. The molecule has 0 amide bonds. The summed E-state index contributed by atoms with van der Waals surface area (Å²) in [5.74, 6) is 0.697. The predicted octanol–water partition coefficient (Wildman–Crippen LogP) is 2.37. The Hall–Kier alpha value is -0.0900. The molecule has 1 aromatic rings. The summed E-state index contributed by atoms with van der Waals surface area (Å²) in [5, 5.41) is 0.675. The maximum absolute atomic E-state index is 5.52. The Morgan fingerprint density at radius 1 is 1.60 bits per heavy atom. The van der Waals surface area contributed by atoms with E-state index >= 15 is 0 Å². The van der Waals surface area contributed by atoms with Crippen molar-refractivity contribution < 1.29 is 0 Å². The highest BCUT2D eigenvalue weighted by Gasteiger charge is 2.28. The van der Waals surface area contributed by atoms with E-state index in [9.17, 15) is 0 Å². The molecular formula is C6H7BrN2S. The van der Waals surface area contributed by atoms with Crippen LogP contribution in [-0.2, 0) is 0 Å². The van der Waals surface area contributed by atoms with Gasteiger partial charge in [0.15, 0.2) is 5.13 Å². The minimum Gasteiger partial charge on any atom is -0.375 e. The average Bonchev–Trinajstić information content (AvgIpc) is 2.61. The lowest BCUT2D eigenvalue weighted by Gasteiger charge is -1.86. The van der Waals surface area contributed by atoms with Gasteiger partial charge in [0.05, 0.1) is 9.48 Å². The normalized spacial score (nSPS) is 17.7. The molecule has 54 valence electrons. The second kappa shape index (κ2) is 2.20. The van der Waals surface area contributed by atoms with Crippen LogP contribution in [0.25, 0.3) is 0 Å². The van der Waals surface area contributed by atoms with Crippen molar-refractivity contribution in [3.05, 3.63) is 9.48 Å². The van der Waals surface area contributed by atoms with Crippen molar-refractivity contribution in [1.29, 1.82) is 0 Å². The number of aromatic nitrogens is 1. The second-order valence-electron chi connectivity index (χ2n) is 2.49. The molecule has 2 nitrogen and oxygen atoms in total. The number of hydrogen-bond acceptors (Lipinski definition) is 3. The first-order valence-electron chi connectivity index (χ1n) is 3.19. The first-order chi connectivity index (χ1) is 4.77. The molecule has 0 atom stereocenters. The number of hydrogen-bond donors (Lipinski definition) is 1. The van der Waals surface area contributed by atoms with Crippen LogP contribution >= 0.6 is 27.3 Å². The number of thiazole rings is 1. The SMILES string of the molecule is Nc1nc(C2CC2)c(Br)s1. The molecule has 0 aliphatic heterocycles. The molecule has 0 spiro atoms. The van der Waals surface area contributed by atoms with Crippen molar-refractivity contribution in [2.45, 2.75) is 18.8 Å². The predicted molar refractivity (Wildman–Crippen MR) is 46.2 cm³/mol. The van der Waals surface area contributed by atoms with Crippen LogP contribution in [0.3, 0.4) is 0 Å². The van der Waals surface area contributed by atoms with Crippen molar-refractivity contribution >= 4 is 32.4 Å². The maximum atomic E-state index is 5.52. The van der Waals surface area contributed by atoms with Gasteiger partial charge in [-0.2, -0.15) is 0 Å². The number of nitrogens with zero attached hydrogens (tertiary/aromatic N) is 1. The Balaban J connectivity index is 2.38. The Morgan fingerprint density at radius 3 is 2.70 bits per heavy atom. The van der Waals surface area contributed by atoms with Crippen molar-refractivity contribution in [1.82, 2.24) is 4.98 Å². The van der Waals surface area contributed by atoms with Gasteiger partial charge in [-0.1, -0.05) is 11.3 Å². The minimum atomic E-state index is 0.675. The van der Waals surface area contributed by atoms with Crippen molar-refractivity contribution in [2.24, 2.45) is 0 Å². The average molecular weight is 219 g/mol. The third-order valence-corrected chi connectivity index (χ3v) is 3.17. The topological polar surface area (TPSA) is 38.9 Å². The molecule has 0 radical (unpaired) electrons. The summed E-state index contributed by atoms with van der Waals surface area (Å²) in [6.45, 7) is 0. The van der Waals surface area contributed by atoms with Gasteiger partial charge in [0.1, 0.15) is 0 Å². The van der Waals surface area contributed by atoms with E-state index in [1.807, 2.05) is 0 Å². The van der Waals surface area contributed by atoms with Crippen LogP contribution < -0.4 is 5.73 Å². The summed E-state index contributed by atoms with van der Waals surface area (Å²) in [5.41, 5.74) is 6.69. The van der Waals surface area contributed by atoms with Crippen LogP contribution in [0.4, 0.5) is 5.13 Å². The van der Waals surface area contributed by atoms with Gasteiger partial charge < -0.3 is 5.73 Å². The highest BCUT2D eigenvalue weighted by molar-refractivity contribution is 9.11. The molecule has 0 saturated heterocycles. The van der Waals surface area contributed by atoms with E-state index in [-0.39, 0.29) is 0 Å². The van der Waals surface area contributed by atoms with Crippen LogP contribution in [0, 0.1) is 0 Å². The molecule has 1 saturated carbocycles. The summed E-state index contributed by atoms with van der Waals surface area (Å²) in [7, 11) is 0. The molecule has 10 heavy (non-hydrogen) atoms. The highest BCUT2D eigenvalue weighted by Crippen LogP contribution is 2.44. The van der Waals surface area contributed by atoms with Gasteiger partial charge in [-0.15, -0.1) is 0 Å². The zero-order valence-corrected chi connectivity index (χ0v) is 7.70. The van der Waals surface area contributed by atoms with Gasteiger partial charge in [-0.3, -0.25) is 0 Å². The van der Waals surface area contributed by atoms with E-state index in [4.69, 9.17) is 5.73 Å². The van der Waals surface area contributed by atoms with Crippen LogP contribution in [0.2, 0.25) is 0 Å². The smallest absolute Gasteiger partial charge is 0.181 e. The quantitative estimate of drug-likeness (QED) is 0.787. The van der Waals surface area contributed by atoms with E-state index in [1.165, 1.54) is 29.9 Å².